The molecule has 2 aliphatic rings. The van der Waals surface area contributed by atoms with Gasteiger partial charge in [-0.15, -0.1) is 0 Å². The van der Waals surface area contributed by atoms with Crippen LogP contribution in [0.2, 0.25) is 0 Å². The van der Waals surface area contributed by atoms with Crippen LogP contribution >= 0.6 is 0 Å². The monoisotopic (exact) mass is 283 g/mol. The van der Waals surface area contributed by atoms with Crippen LogP contribution in [0.5, 0.6) is 0 Å². The highest BCUT2D eigenvalue weighted by Crippen LogP contribution is 2.52. The summed E-state index contributed by atoms with van der Waals surface area (Å²) in [7, 11) is 0. The Bertz CT molecular complexity index is 515. The highest BCUT2D eigenvalue weighted by molar-refractivity contribution is 5.38. The lowest BCUT2D eigenvalue weighted by Crippen LogP contribution is -2.48. The summed E-state index contributed by atoms with van der Waals surface area (Å²) in [4.78, 5) is 0. The largest absolute Gasteiger partial charge is 0.406 e. The maximum absolute atomic E-state index is 13.1. The van der Waals surface area contributed by atoms with Gasteiger partial charge >= 0.3 is 6.18 Å². The molecule has 110 valence electrons. The highest BCUT2D eigenvalue weighted by Gasteiger charge is 2.64. The average Bonchev–Trinajstić information content (AvgIpc) is 3.14. The summed E-state index contributed by atoms with van der Waals surface area (Å²) in [5.41, 5.74) is 0.636. The van der Waals surface area contributed by atoms with Gasteiger partial charge in [0.2, 0.25) is 0 Å². The third-order valence-corrected chi connectivity index (χ3v) is 4.87. The fourth-order valence-corrected chi connectivity index (χ4v) is 3.33. The SMILES string of the molecule is CC1(C)CCC(NC2(C(F)(F)F)CC2)c2ccccc21. The molecule has 1 N–H and O–H groups in total. The lowest BCUT2D eigenvalue weighted by Gasteiger charge is -2.39. The molecule has 0 saturated heterocycles. The second-order valence-electron chi connectivity index (χ2n) is 6.79. The summed E-state index contributed by atoms with van der Waals surface area (Å²) in [6, 6.07) is 7.74. The van der Waals surface area contributed by atoms with Crippen LogP contribution in [0.1, 0.15) is 56.7 Å². The zero-order chi connectivity index (χ0) is 14.6. The molecule has 0 radical (unpaired) electrons. The summed E-state index contributed by atoms with van der Waals surface area (Å²) in [5.74, 6) is 0. The molecule has 3 rings (SSSR count). The van der Waals surface area contributed by atoms with Crippen LogP contribution in [0.25, 0.3) is 0 Å². The Hall–Kier alpha value is -1.03. The molecular formula is C16H20F3N. The van der Waals surface area contributed by atoms with E-state index in [1.807, 2.05) is 18.2 Å². The van der Waals surface area contributed by atoms with Gasteiger partial charge in [-0.05, 0) is 42.2 Å². The van der Waals surface area contributed by atoms with Gasteiger partial charge in [0, 0.05) is 6.04 Å². The Balaban J connectivity index is 1.90. The molecule has 0 amide bonds. The summed E-state index contributed by atoms with van der Waals surface area (Å²) >= 11 is 0. The Morgan fingerprint density at radius 3 is 2.35 bits per heavy atom. The van der Waals surface area contributed by atoms with Crippen molar-refractivity contribution in [2.75, 3.05) is 0 Å². The standard InChI is InChI=1S/C16H20F3N/c1-14(2)8-7-13(11-5-3-4-6-12(11)14)20-15(9-10-15)16(17,18)19/h3-6,13,20H,7-10H2,1-2H3. The van der Waals surface area contributed by atoms with Crippen molar-refractivity contribution in [3.63, 3.8) is 0 Å². The second-order valence-corrected chi connectivity index (χ2v) is 6.79. The number of alkyl halides is 3. The summed E-state index contributed by atoms with van der Waals surface area (Å²) < 4.78 is 39.3. The summed E-state index contributed by atoms with van der Waals surface area (Å²) in [5, 5.41) is 2.92. The van der Waals surface area contributed by atoms with Crippen LogP contribution in [0, 0.1) is 0 Å². The zero-order valence-corrected chi connectivity index (χ0v) is 11.8. The van der Waals surface area contributed by atoms with E-state index in [1.165, 1.54) is 5.56 Å². The van der Waals surface area contributed by atoms with E-state index in [4.69, 9.17) is 0 Å². The van der Waals surface area contributed by atoms with Crippen molar-refractivity contribution in [2.45, 2.75) is 62.7 Å². The van der Waals surface area contributed by atoms with Crippen LogP contribution in [-0.4, -0.2) is 11.7 Å². The number of hydrogen-bond acceptors (Lipinski definition) is 1. The number of fused-ring (bicyclic) bond motifs is 1. The fraction of sp³-hybridized carbons (Fsp3) is 0.625. The molecular weight excluding hydrogens is 263 g/mol. The molecule has 0 aliphatic heterocycles. The molecule has 20 heavy (non-hydrogen) atoms. The second kappa shape index (κ2) is 4.23. The van der Waals surface area contributed by atoms with Gasteiger partial charge in [0.05, 0.1) is 0 Å². The van der Waals surface area contributed by atoms with Gasteiger partial charge in [0.15, 0.2) is 0 Å². The third kappa shape index (κ3) is 2.14. The van der Waals surface area contributed by atoms with E-state index in [2.05, 4.69) is 25.2 Å². The maximum Gasteiger partial charge on any atom is 0.406 e. The molecule has 1 aromatic rings. The molecule has 0 bridgehead atoms. The first kappa shape index (κ1) is 13.9. The molecule has 0 aromatic heterocycles. The van der Waals surface area contributed by atoms with Crippen molar-refractivity contribution in [3.8, 4) is 0 Å². The minimum absolute atomic E-state index is 0.0454. The minimum atomic E-state index is -4.14. The molecule has 1 saturated carbocycles. The van der Waals surface area contributed by atoms with E-state index < -0.39 is 11.7 Å². The van der Waals surface area contributed by atoms with Gasteiger partial charge in [-0.3, -0.25) is 5.32 Å². The Morgan fingerprint density at radius 2 is 1.75 bits per heavy atom. The first-order chi connectivity index (χ1) is 9.25. The van der Waals surface area contributed by atoms with Crippen molar-refractivity contribution in [3.05, 3.63) is 35.4 Å². The van der Waals surface area contributed by atoms with E-state index in [0.29, 0.717) is 0 Å². The van der Waals surface area contributed by atoms with E-state index in [9.17, 15) is 13.2 Å². The van der Waals surface area contributed by atoms with Crippen molar-refractivity contribution in [2.24, 2.45) is 0 Å². The van der Waals surface area contributed by atoms with Gasteiger partial charge < -0.3 is 0 Å². The molecule has 0 heterocycles. The van der Waals surface area contributed by atoms with Crippen LogP contribution in [0.15, 0.2) is 24.3 Å². The maximum atomic E-state index is 13.1. The molecule has 1 unspecified atom stereocenters. The summed E-state index contributed by atoms with van der Waals surface area (Å²) in [6.07, 6.45) is -2.05. The molecule has 1 aromatic carbocycles. The fourth-order valence-electron chi connectivity index (χ4n) is 3.33. The van der Waals surface area contributed by atoms with Crippen molar-refractivity contribution in [1.29, 1.82) is 0 Å². The Labute approximate surface area is 117 Å². The van der Waals surface area contributed by atoms with Gasteiger partial charge in [0.25, 0.3) is 0 Å². The van der Waals surface area contributed by atoms with Crippen molar-refractivity contribution in [1.82, 2.24) is 5.32 Å². The number of hydrogen-bond donors (Lipinski definition) is 1. The first-order valence-corrected chi connectivity index (χ1v) is 7.19. The number of nitrogens with one attached hydrogen (secondary N) is 1. The lowest BCUT2D eigenvalue weighted by molar-refractivity contribution is -0.168. The van der Waals surface area contributed by atoms with Gasteiger partial charge in [-0.2, -0.15) is 13.2 Å². The van der Waals surface area contributed by atoms with E-state index in [1.54, 1.807) is 0 Å². The molecule has 2 aliphatic carbocycles. The van der Waals surface area contributed by atoms with Crippen molar-refractivity contribution >= 4 is 0 Å². The van der Waals surface area contributed by atoms with Crippen molar-refractivity contribution < 1.29 is 13.2 Å². The van der Waals surface area contributed by atoms with Gasteiger partial charge in [-0.25, -0.2) is 0 Å². The Morgan fingerprint density at radius 1 is 1.10 bits per heavy atom. The molecule has 1 fully saturated rings. The van der Waals surface area contributed by atoms with Crippen LogP contribution in [0.4, 0.5) is 13.2 Å². The smallest absolute Gasteiger partial charge is 0.297 e. The zero-order valence-electron chi connectivity index (χ0n) is 11.8. The number of rotatable bonds is 2. The van der Waals surface area contributed by atoms with Gasteiger partial charge in [-0.1, -0.05) is 38.1 Å². The first-order valence-electron chi connectivity index (χ1n) is 7.19. The topological polar surface area (TPSA) is 12.0 Å². The Kier molecular flexibility index (Phi) is 2.95. The molecule has 1 atom stereocenters. The van der Waals surface area contributed by atoms with Crippen LogP contribution in [-0.2, 0) is 5.41 Å². The normalized spacial score (nSPS) is 26.9. The average molecular weight is 283 g/mol. The number of halogens is 3. The highest BCUT2D eigenvalue weighted by atomic mass is 19.4. The predicted molar refractivity (Wildman–Crippen MR) is 72.6 cm³/mol. The minimum Gasteiger partial charge on any atom is -0.297 e. The van der Waals surface area contributed by atoms with Crippen LogP contribution in [0.3, 0.4) is 0 Å². The molecule has 0 spiro atoms. The molecule has 1 nitrogen and oxygen atoms in total. The number of benzene rings is 1. The molecule has 4 heteroatoms. The van der Waals surface area contributed by atoms with E-state index in [0.717, 1.165) is 18.4 Å². The summed E-state index contributed by atoms with van der Waals surface area (Å²) in [6.45, 7) is 4.33. The van der Waals surface area contributed by atoms with E-state index >= 15 is 0 Å². The third-order valence-electron chi connectivity index (χ3n) is 4.87. The quantitative estimate of drug-likeness (QED) is 0.843. The van der Waals surface area contributed by atoms with E-state index in [-0.39, 0.29) is 24.3 Å². The predicted octanol–water partition coefficient (Wildman–Crippen LogP) is 4.48. The lowest BCUT2D eigenvalue weighted by atomic mass is 9.71. The van der Waals surface area contributed by atoms with Crippen LogP contribution < -0.4 is 5.32 Å². The van der Waals surface area contributed by atoms with Gasteiger partial charge in [0.1, 0.15) is 5.54 Å².